The molecule has 1 saturated heterocycles. The van der Waals surface area contributed by atoms with Gasteiger partial charge in [0.25, 0.3) is 5.91 Å². The summed E-state index contributed by atoms with van der Waals surface area (Å²) in [6, 6.07) is 12.7. The van der Waals surface area contributed by atoms with Gasteiger partial charge in [-0.2, -0.15) is 0 Å². The van der Waals surface area contributed by atoms with Crippen LogP contribution >= 0.6 is 11.3 Å². The van der Waals surface area contributed by atoms with Crippen molar-refractivity contribution in [3.8, 4) is 0 Å². The summed E-state index contributed by atoms with van der Waals surface area (Å²) >= 11 is 1.37. The van der Waals surface area contributed by atoms with Crippen molar-refractivity contribution in [3.05, 3.63) is 58.3 Å². The van der Waals surface area contributed by atoms with Gasteiger partial charge < -0.3 is 15.4 Å². The fraction of sp³-hybridized carbons (Fsp3) is 0.455. The van der Waals surface area contributed by atoms with Gasteiger partial charge in [-0.25, -0.2) is 0 Å². The van der Waals surface area contributed by atoms with Crippen LogP contribution in [0.4, 0.5) is 0 Å². The lowest BCUT2D eigenvalue weighted by atomic mass is 10.0. The molecule has 0 bridgehead atoms. The first kappa shape index (κ1) is 21.5. The highest BCUT2D eigenvalue weighted by atomic mass is 32.1. The van der Waals surface area contributed by atoms with Crippen molar-refractivity contribution in [2.45, 2.75) is 31.8 Å². The van der Waals surface area contributed by atoms with Crippen LogP contribution in [0.5, 0.6) is 0 Å². The van der Waals surface area contributed by atoms with Crippen LogP contribution < -0.4 is 10.6 Å². The van der Waals surface area contributed by atoms with Crippen LogP contribution in [0.2, 0.25) is 0 Å². The maximum atomic E-state index is 13.0. The van der Waals surface area contributed by atoms with Gasteiger partial charge in [0.05, 0.1) is 18.1 Å². The van der Waals surface area contributed by atoms with Crippen molar-refractivity contribution in [1.29, 1.82) is 0 Å². The van der Waals surface area contributed by atoms with Crippen LogP contribution in [0, 0.1) is 0 Å². The number of nitrogens with zero attached hydrogens (tertiary/aromatic N) is 1. The average molecular weight is 416 g/mol. The number of morpholine rings is 1. The molecule has 6 nitrogen and oxygen atoms in total. The van der Waals surface area contributed by atoms with E-state index < -0.39 is 6.04 Å². The van der Waals surface area contributed by atoms with E-state index in [1.54, 1.807) is 6.07 Å². The topological polar surface area (TPSA) is 70.7 Å². The fourth-order valence-electron chi connectivity index (χ4n) is 3.40. The van der Waals surface area contributed by atoms with Crippen molar-refractivity contribution < 1.29 is 14.3 Å². The van der Waals surface area contributed by atoms with Gasteiger partial charge in [-0.05, 0) is 30.9 Å². The molecule has 2 N–H and O–H groups in total. The summed E-state index contributed by atoms with van der Waals surface area (Å²) < 4.78 is 5.43. The third kappa shape index (κ3) is 6.13. The summed E-state index contributed by atoms with van der Waals surface area (Å²) in [6.07, 6.45) is 0.446. The number of hydrogen-bond acceptors (Lipinski definition) is 5. The molecule has 1 aliphatic rings. The molecule has 2 amide bonds. The summed E-state index contributed by atoms with van der Waals surface area (Å²) in [4.78, 5) is 28.5. The van der Waals surface area contributed by atoms with Crippen molar-refractivity contribution >= 4 is 23.2 Å². The second-order valence-electron chi connectivity index (χ2n) is 7.82. The standard InChI is InChI=1S/C22H29N3O3S/c1-22(2,25-10-12-28-13-11-25)16-23-20(26)18(15-17-7-4-3-5-8-17)24-21(27)19-9-6-14-29-19/h3-9,14,18H,10-13,15-16H2,1-2H3,(H,23,26)(H,24,27). The van der Waals surface area contributed by atoms with Gasteiger partial charge in [-0.15, -0.1) is 11.3 Å². The summed E-state index contributed by atoms with van der Waals surface area (Å²) in [7, 11) is 0. The molecule has 2 aromatic rings. The average Bonchev–Trinajstić information content (AvgIpc) is 3.28. The zero-order valence-corrected chi connectivity index (χ0v) is 17.8. The number of rotatable bonds is 8. The Labute approximate surface area is 176 Å². The van der Waals surface area contributed by atoms with E-state index in [0.29, 0.717) is 31.1 Å². The molecular weight excluding hydrogens is 386 g/mol. The molecule has 1 aliphatic heterocycles. The molecule has 0 radical (unpaired) electrons. The molecule has 29 heavy (non-hydrogen) atoms. The smallest absolute Gasteiger partial charge is 0.262 e. The monoisotopic (exact) mass is 415 g/mol. The highest BCUT2D eigenvalue weighted by Gasteiger charge is 2.30. The van der Waals surface area contributed by atoms with Gasteiger partial charge >= 0.3 is 0 Å². The van der Waals surface area contributed by atoms with Crippen molar-refractivity contribution in [1.82, 2.24) is 15.5 Å². The summed E-state index contributed by atoms with van der Waals surface area (Å²) in [5.41, 5.74) is 0.820. The Kier molecular flexibility index (Phi) is 7.41. The van der Waals surface area contributed by atoms with E-state index in [1.165, 1.54) is 11.3 Å². The highest BCUT2D eigenvalue weighted by Crippen LogP contribution is 2.15. The van der Waals surface area contributed by atoms with Crippen LogP contribution in [0.1, 0.15) is 29.1 Å². The van der Waals surface area contributed by atoms with E-state index in [1.807, 2.05) is 41.8 Å². The Morgan fingerprint density at radius 2 is 1.86 bits per heavy atom. The number of hydrogen-bond donors (Lipinski definition) is 2. The Morgan fingerprint density at radius 1 is 1.14 bits per heavy atom. The summed E-state index contributed by atoms with van der Waals surface area (Å²) in [5.74, 6) is -0.386. The van der Waals surface area contributed by atoms with Gasteiger partial charge in [-0.1, -0.05) is 36.4 Å². The number of nitrogens with one attached hydrogen (secondary N) is 2. The van der Waals surface area contributed by atoms with E-state index in [-0.39, 0.29) is 17.4 Å². The zero-order chi connectivity index (χ0) is 20.7. The number of benzene rings is 1. The van der Waals surface area contributed by atoms with Crippen molar-refractivity contribution in [2.24, 2.45) is 0 Å². The Balaban J connectivity index is 1.65. The number of carbonyl (C=O) groups excluding carboxylic acids is 2. The first-order valence-corrected chi connectivity index (χ1v) is 10.8. The Bertz CT molecular complexity index is 787. The van der Waals surface area contributed by atoms with E-state index in [9.17, 15) is 9.59 Å². The van der Waals surface area contributed by atoms with Crippen molar-refractivity contribution in [2.75, 3.05) is 32.8 Å². The number of ether oxygens (including phenoxy) is 1. The van der Waals surface area contributed by atoms with E-state index in [2.05, 4.69) is 29.4 Å². The Morgan fingerprint density at radius 3 is 2.52 bits per heavy atom. The molecule has 0 spiro atoms. The van der Waals surface area contributed by atoms with Gasteiger partial charge in [0.2, 0.25) is 5.91 Å². The molecule has 7 heteroatoms. The largest absolute Gasteiger partial charge is 0.379 e. The van der Waals surface area contributed by atoms with Crippen LogP contribution in [0.25, 0.3) is 0 Å². The first-order chi connectivity index (χ1) is 14.0. The normalized spacial score (nSPS) is 16.2. The molecule has 1 atom stereocenters. The SMILES string of the molecule is CC(C)(CNC(=O)C(Cc1ccccc1)NC(=O)c1cccs1)N1CCOCC1. The molecule has 1 fully saturated rings. The quantitative estimate of drug-likeness (QED) is 0.694. The fourth-order valence-corrected chi connectivity index (χ4v) is 4.03. The molecule has 3 rings (SSSR count). The number of thiophene rings is 1. The predicted molar refractivity (Wildman–Crippen MR) is 115 cm³/mol. The minimum absolute atomic E-state index is 0.167. The first-order valence-electron chi connectivity index (χ1n) is 9.94. The maximum absolute atomic E-state index is 13.0. The van der Waals surface area contributed by atoms with Gasteiger partial charge in [-0.3, -0.25) is 14.5 Å². The van der Waals surface area contributed by atoms with Crippen molar-refractivity contribution in [3.63, 3.8) is 0 Å². The van der Waals surface area contributed by atoms with E-state index in [4.69, 9.17) is 4.74 Å². The second-order valence-corrected chi connectivity index (χ2v) is 8.77. The maximum Gasteiger partial charge on any atom is 0.262 e. The van der Waals surface area contributed by atoms with Gasteiger partial charge in [0.15, 0.2) is 0 Å². The van der Waals surface area contributed by atoms with Gasteiger partial charge in [0.1, 0.15) is 6.04 Å². The molecule has 0 saturated carbocycles. The van der Waals surface area contributed by atoms with E-state index >= 15 is 0 Å². The van der Waals surface area contributed by atoms with Gasteiger partial charge in [0, 0.05) is 31.6 Å². The van der Waals surface area contributed by atoms with Crippen LogP contribution in [0.15, 0.2) is 47.8 Å². The van der Waals surface area contributed by atoms with E-state index in [0.717, 1.165) is 18.7 Å². The third-order valence-electron chi connectivity index (χ3n) is 5.21. The molecule has 0 aliphatic carbocycles. The minimum Gasteiger partial charge on any atom is -0.379 e. The van der Waals surface area contributed by atoms with Crippen LogP contribution in [-0.4, -0.2) is 61.1 Å². The minimum atomic E-state index is -0.632. The lowest BCUT2D eigenvalue weighted by Gasteiger charge is -2.41. The second kappa shape index (κ2) is 10.0. The molecular formula is C22H29N3O3S. The Hall–Kier alpha value is -2.22. The zero-order valence-electron chi connectivity index (χ0n) is 17.0. The lowest BCUT2D eigenvalue weighted by Crippen LogP contribution is -2.57. The summed E-state index contributed by atoms with van der Waals surface area (Å²) in [6.45, 7) is 7.88. The van der Waals surface area contributed by atoms with Crippen LogP contribution in [0.3, 0.4) is 0 Å². The number of carbonyl (C=O) groups is 2. The third-order valence-corrected chi connectivity index (χ3v) is 6.08. The number of amides is 2. The molecule has 2 heterocycles. The summed E-state index contributed by atoms with van der Waals surface area (Å²) in [5, 5.41) is 7.82. The molecule has 156 valence electrons. The molecule has 1 aromatic carbocycles. The van der Waals surface area contributed by atoms with Crippen LogP contribution in [-0.2, 0) is 16.0 Å². The predicted octanol–water partition coefficient (Wildman–Crippen LogP) is 2.32. The molecule has 1 unspecified atom stereocenters. The lowest BCUT2D eigenvalue weighted by molar-refractivity contribution is -0.123. The molecule has 1 aromatic heterocycles. The highest BCUT2D eigenvalue weighted by molar-refractivity contribution is 7.12.